The maximum absolute atomic E-state index is 13.5. The Hall–Kier alpha value is -3.92. The van der Waals surface area contributed by atoms with Gasteiger partial charge in [-0.05, 0) is 68.0 Å². The van der Waals surface area contributed by atoms with Gasteiger partial charge in [0.15, 0.2) is 6.10 Å². The predicted octanol–water partition coefficient (Wildman–Crippen LogP) is 5.20. The molecule has 35 heavy (non-hydrogen) atoms. The van der Waals surface area contributed by atoms with E-state index in [-0.39, 0.29) is 0 Å². The quantitative estimate of drug-likeness (QED) is 0.515. The van der Waals surface area contributed by atoms with Crippen LogP contribution in [-0.2, 0) is 16.0 Å². The van der Waals surface area contributed by atoms with Crippen molar-refractivity contribution < 1.29 is 18.7 Å². The number of nitrogens with one attached hydrogen (secondary N) is 1. The number of aromatic nitrogens is 1. The molecule has 1 N–H and O–H groups in total. The summed E-state index contributed by atoms with van der Waals surface area (Å²) in [5.74, 6) is -0.280. The molecule has 2 aromatic heterocycles. The maximum atomic E-state index is 13.5. The molecule has 0 unspecified atom stereocenters. The smallest absolute Gasteiger partial charge is 0.339 e. The minimum atomic E-state index is -1.03. The van der Waals surface area contributed by atoms with Gasteiger partial charge in [-0.15, -0.1) is 0 Å². The Bertz CT molecular complexity index is 1340. The van der Waals surface area contributed by atoms with Gasteiger partial charge in [-0.1, -0.05) is 37.5 Å². The van der Waals surface area contributed by atoms with Crippen LogP contribution in [0.15, 0.2) is 47.1 Å². The van der Waals surface area contributed by atoms with Crippen LogP contribution in [0.2, 0.25) is 0 Å². The summed E-state index contributed by atoms with van der Waals surface area (Å²) in [5, 5.41) is 13.2. The number of benzene rings is 1. The lowest BCUT2D eigenvalue weighted by Gasteiger charge is -2.32. The average Bonchev–Trinajstić information content (AvgIpc) is 3.53. The molecule has 0 spiro atoms. The first kappa shape index (κ1) is 22.9. The van der Waals surface area contributed by atoms with Crippen LogP contribution in [-0.4, -0.2) is 28.5 Å². The van der Waals surface area contributed by atoms with Crippen LogP contribution < -0.4 is 5.32 Å². The molecule has 3 aromatic rings. The highest BCUT2D eigenvalue weighted by atomic mass is 16.5. The van der Waals surface area contributed by atoms with Crippen LogP contribution in [0, 0.1) is 11.3 Å². The van der Waals surface area contributed by atoms with Crippen molar-refractivity contribution >= 4 is 34.4 Å². The van der Waals surface area contributed by atoms with Crippen molar-refractivity contribution in [3.8, 4) is 6.07 Å². The number of nitrogens with zero attached hydrogens (tertiary/aromatic N) is 2. The summed E-state index contributed by atoms with van der Waals surface area (Å²) in [6.07, 6.45) is 7.97. The summed E-state index contributed by atoms with van der Waals surface area (Å²) in [6.45, 7) is 1.55. The second-order valence-electron chi connectivity index (χ2n) is 9.31. The molecule has 0 aliphatic heterocycles. The lowest BCUT2D eigenvalue weighted by Crippen LogP contribution is -2.52. The minimum absolute atomic E-state index is 0.445. The summed E-state index contributed by atoms with van der Waals surface area (Å²) >= 11 is 0. The van der Waals surface area contributed by atoms with E-state index in [2.05, 4.69) is 11.4 Å². The molecule has 0 radical (unpaired) electrons. The van der Waals surface area contributed by atoms with Gasteiger partial charge in [-0.25, -0.2) is 9.78 Å². The number of furan rings is 1. The minimum Gasteiger partial charge on any atom is -0.465 e. The number of rotatable bonds is 5. The number of allylic oxidation sites excluding steroid dienone is 1. The van der Waals surface area contributed by atoms with E-state index in [1.807, 2.05) is 42.5 Å². The third kappa shape index (κ3) is 4.44. The number of esters is 1. The molecule has 2 aliphatic rings. The second kappa shape index (κ2) is 9.38. The Morgan fingerprint density at radius 2 is 1.97 bits per heavy atom. The largest absolute Gasteiger partial charge is 0.465 e. The van der Waals surface area contributed by atoms with Gasteiger partial charge in [0, 0.05) is 5.39 Å². The molecule has 1 amide bonds. The maximum Gasteiger partial charge on any atom is 0.339 e. The van der Waals surface area contributed by atoms with Crippen LogP contribution in [0.5, 0.6) is 0 Å². The van der Waals surface area contributed by atoms with Gasteiger partial charge in [0.05, 0.1) is 29.1 Å². The summed E-state index contributed by atoms with van der Waals surface area (Å²) in [5.41, 5.74) is 2.82. The van der Waals surface area contributed by atoms with Crippen molar-refractivity contribution in [2.75, 3.05) is 0 Å². The summed E-state index contributed by atoms with van der Waals surface area (Å²) in [6, 6.07) is 13.4. The topological polar surface area (TPSA) is 105 Å². The summed E-state index contributed by atoms with van der Waals surface area (Å²) in [4.78, 5) is 31.2. The van der Waals surface area contributed by atoms with Crippen LogP contribution >= 0.6 is 0 Å². The number of fused-ring (bicyclic) bond motifs is 2. The van der Waals surface area contributed by atoms with Crippen molar-refractivity contribution in [2.45, 2.75) is 63.5 Å². The number of carbonyl (C=O) groups excluding carboxylic acids is 2. The average molecular weight is 470 g/mol. The van der Waals surface area contributed by atoms with Gasteiger partial charge in [0.2, 0.25) is 0 Å². The molecule has 7 nitrogen and oxygen atoms in total. The molecule has 1 fully saturated rings. The van der Waals surface area contributed by atoms with Gasteiger partial charge in [0.25, 0.3) is 5.91 Å². The summed E-state index contributed by atoms with van der Waals surface area (Å²) in [7, 11) is 0. The third-order valence-corrected chi connectivity index (χ3v) is 6.94. The second-order valence-corrected chi connectivity index (χ2v) is 9.31. The first-order valence-corrected chi connectivity index (χ1v) is 12.1. The highest BCUT2D eigenvalue weighted by Gasteiger charge is 2.36. The van der Waals surface area contributed by atoms with E-state index in [0.29, 0.717) is 35.7 Å². The fraction of sp³-hybridized carbons (Fsp3) is 0.357. The molecule has 0 saturated heterocycles. The fourth-order valence-corrected chi connectivity index (χ4v) is 5.09. The number of hydrogen-bond acceptors (Lipinski definition) is 6. The zero-order chi connectivity index (χ0) is 24.4. The molecule has 2 heterocycles. The Kier molecular flexibility index (Phi) is 6.12. The van der Waals surface area contributed by atoms with E-state index in [1.165, 1.54) is 0 Å². The standard InChI is InChI=1S/C28H27N3O4/c1-18(26(32)31-28(17-29)13-5-2-6-14-28)35-27(33)24-21-9-3-4-10-23(21)30-25-19(11-12-22(24)25)16-20-8-7-15-34-20/h3-4,7-10,15-16,18H,2,5-6,11-14H2,1H3,(H,31,32)/b19-16-/t18-/m0/s1. The van der Waals surface area contributed by atoms with Gasteiger partial charge in [-0.2, -0.15) is 5.26 Å². The number of para-hydroxylation sites is 1. The Balaban J connectivity index is 1.44. The molecule has 1 atom stereocenters. The summed E-state index contributed by atoms with van der Waals surface area (Å²) < 4.78 is 11.1. The molecule has 1 saturated carbocycles. The SMILES string of the molecule is C[C@H](OC(=O)c1c2c(nc3ccccc13)/C(=C\c1ccco1)CC2)C(=O)NC1(C#N)CCCCC1. The first-order chi connectivity index (χ1) is 17.0. The Morgan fingerprint density at radius 1 is 1.17 bits per heavy atom. The number of carbonyl (C=O) groups is 2. The van der Waals surface area contributed by atoms with E-state index in [0.717, 1.165) is 48.3 Å². The van der Waals surface area contributed by atoms with Crippen LogP contribution in [0.3, 0.4) is 0 Å². The lowest BCUT2D eigenvalue weighted by molar-refractivity contribution is -0.130. The van der Waals surface area contributed by atoms with Crippen molar-refractivity contribution in [2.24, 2.45) is 0 Å². The van der Waals surface area contributed by atoms with Gasteiger partial charge in [0.1, 0.15) is 11.3 Å². The number of ether oxygens (including phenoxy) is 1. The van der Waals surface area contributed by atoms with Crippen LogP contribution in [0.25, 0.3) is 22.6 Å². The molecule has 5 rings (SSSR count). The Labute approximate surface area is 203 Å². The number of pyridine rings is 1. The Morgan fingerprint density at radius 3 is 2.71 bits per heavy atom. The van der Waals surface area contributed by atoms with Crippen molar-refractivity contribution in [1.29, 1.82) is 5.26 Å². The van der Waals surface area contributed by atoms with Gasteiger partial charge in [-0.3, -0.25) is 4.79 Å². The molecule has 7 heteroatoms. The molecule has 178 valence electrons. The van der Waals surface area contributed by atoms with E-state index < -0.39 is 23.5 Å². The molecule has 1 aromatic carbocycles. The zero-order valence-electron chi connectivity index (χ0n) is 19.7. The van der Waals surface area contributed by atoms with E-state index >= 15 is 0 Å². The van der Waals surface area contributed by atoms with E-state index in [9.17, 15) is 14.9 Å². The monoisotopic (exact) mass is 469 g/mol. The first-order valence-electron chi connectivity index (χ1n) is 12.1. The highest BCUT2D eigenvalue weighted by Crippen LogP contribution is 2.38. The van der Waals surface area contributed by atoms with E-state index in [4.69, 9.17) is 14.1 Å². The van der Waals surface area contributed by atoms with Crippen molar-refractivity contribution in [1.82, 2.24) is 10.3 Å². The number of amides is 1. The molecule has 2 aliphatic carbocycles. The van der Waals surface area contributed by atoms with Gasteiger partial charge >= 0.3 is 5.97 Å². The van der Waals surface area contributed by atoms with Crippen LogP contribution in [0.4, 0.5) is 0 Å². The fourth-order valence-electron chi connectivity index (χ4n) is 5.09. The van der Waals surface area contributed by atoms with Crippen molar-refractivity contribution in [3.63, 3.8) is 0 Å². The van der Waals surface area contributed by atoms with Gasteiger partial charge < -0.3 is 14.5 Å². The number of hydrogen-bond donors (Lipinski definition) is 1. The highest BCUT2D eigenvalue weighted by molar-refractivity contribution is 6.07. The zero-order valence-corrected chi connectivity index (χ0v) is 19.7. The molecular weight excluding hydrogens is 442 g/mol. The predicted molar refractivity (Wildman–Crippen MR) is 131 cm³/mol. The molecular formula is C28H27N3O4. The number of nitriles is 1. The van der Waals surface area contributed by atoms with E-state index in [1.54, 1.807) is 13.2 Å². The van der Waals surface area contributed by atoms with Crippen LogP contribution in [0.1, 0.15) is 72.8 Å². The lowest BCUT2D eigenvalue weighted by atomic mass is 9.83. The normalized spacial score (nSPS) is 18.6. The third-order valence-electron chi connectivity index (χ3n) is 6.94. The molecule has 0 bridgehead atoms. The van der Waals surface area contributed by atoms with Crippen molar-refractivity contribution in [3.05, 3.63) is 65.2 Å².